The fourth-order valence-corrected chi connectivity index (χ4v) is 3.68. The fraction of sp³-hybridized carbons (Fsp3) is 0.647. The van der Waals surface area contributed by atoms with Crippen LogP contribution in [0.5, 0.6) is 0 Å². The lowest BCUT2D eigenvalue weighted by atomic mass is 9.61. The van der Waals surface area contributed by atoms with Gasteiger partial charge in [-0.3, -0.25) is 0 Å². The van der Waals surface area contributed by atoms with E-state index in [0.717, 1.165) is 6.54 Å². The second kappa shape index (κ2) is 5.26. The fourth-order valence-electron chi connectivity index (χ4n) is 3.68. The van der Waals surface area contributed by atoms with Crippen LogP contribution >= 0.6 is 0 Å². The van der Waals surface area contributed by atoms with Gasteiger partial charge < -0.3 is 11.1 Å². The zero-order chi connectivity index (χ0) is 14.2. The van der Waals surface area contributed by atoms with E-state index in [4.69, 9.17) is 5.73 Å². The van der Waals surface area contributed by atoms with Crippen molar-refractivity contribution >= 4 is 0 Å². The first-order valence-electron chi connectivity index (χ1n) is 7.41. The summed E-state index contributed by atoms with van der Waals surface area (Å²) in [6.45, 7) is 9.72. The summed E-state index contributed by atoms with van der Waals surface area (Å²) in [6.07, 6.45) is 3.82. The van der Waals surface area contributed by atoms with Crippen molar-refractivity contribution in [2.45, 2.75) is 53.0 Å². The average Bonchev–Trinajstić information content (AvgIpc) is 2.34. The van der Waals surface area contributed by atoms with E-state index in [-0.39, 0.29) is 5.41 Å². The first kappa shape index (κ1) is 14.5. The highest BCUT2D eigenvalue weighted by Gasteiger charge is 2.44. The van der Waals surface area contributed by atoms with Crippen LogP contribution in [-0.4, -0.2) is 13.6 Å². The Kier molecular flexibility index (Phi) is 4.03. The molecule has 0 aliphatic heterocycles. The average molecular weight is 260 g/mol. The molecule has 1 fully saturated rings. The van der Waals surface area contributed by atoms with Crippen LogP contribution in [0.15, 0.2) is 6.07 Å². The molecule has 0 saturated heterocycles. The molecule has 1 aromatic carbocycles. The molecule has 1 unspecified atom stereocenters. The van der Waals surface area contributed by atoms with Crippen molar-refractivity contribution < 1.29 is 0 Å². The highest BCUT2D eigenvalue weighted by atomic mass is 14.9. The maximum absolute atomic E-state index is 6.12. The predicted molar refractivity (Wildman–Crippen MR) is 82.5 cm³/mol. The van der Waals surface area contributed by atoms with Crippen LogP contribution in [0, 0.1) is 33.1 Å². The molecule has 19 heavy (non-hydrogen) atoms. The summed E-state index contributed by atoms with van der Waals surface area (Å²) in [4.78, 5) is 0. The molecule has 1 atom stereocenters. The van der Waals surface area contributed by atoms with Crippen LogP contribution in [-0.2, 0) is 0 Å². The molecule has 1 aliphatic carbocycles. The summed E-state index contributed by atoms with van der Waals surface area (Å²) >= 11 is 0. The maximum atomic E-state index is 6.12. The summed E-state index contributed by atoms with van der Waals surface area (Å²) in [7, 11) is 2.08. The third-order valence-corrected chi connectivity index (χ3v) is 5.37. The van der Waals surface area contributed by atoms with Crippen molar-refractivity contribution in [2.75, 3.05) is 13.6 Å². The second-order valence-electron chi connectivity index (χ2n) is 6.32. The standard InChI is InChI=1S/C17H28N2/c1-11-9-12(2)14(4)15(13(11)3)16(19-5)17(10-18)7-6-8-17/h9,16,19H,6-8,10,18H2,1-5H3. The zero-order valence-corrected chi connectivity index (χ0v) is 13.1. The minimum atomic E-state index is 0.268. The molecule has 0 aromatic heterocycles. The monoisotopic (exact) mass is 260 g/mol. The van der Waals surface area contributed by atoms with Crippen molar-refractivity contribution in [3.8, 4) is 0 Å². The van der Waals surface area contributed by atoms with E-state index in [2.05, 4.69) is 46.1 Å². The number of nitrogens with one attached hydrogen (secondary N) is 1. The number of hydrogen-bond acceptors (Lipinski definition) is 2. The molecule has 1 aliphatic rings. The SMILES string of the molecule is CNC(c1c(C)c(C)cc(C)c1C)C1(CN)CCC1. The van der Waals surface area contributed by atoms with Crippen molar-refractivity contribution in [3.63, 3.8) is 0 Å². The normalized spacial score (nSPS) is 19.1. The molecule has 2 nitrogen and oxygen atoms in total. The van der Waals surface area contributed by atoms with E-state index in [1.165, 1.54) is 47.1 Å². The minimum absolute atomic E-state index is 0.268. The van der Waals surface area contributed by atoms with E-state index in [9.17, 15) is 0 Å². The Morgan fingerprint density at radius 1 is 1.16 bits per heavy atom. The van der Waals surface area contributed by atoms with E-state index in [1.54, 1.807) is 0 Å². The molecule has 0 heterocycles. The summed E-state index contributed by atoms with van der Waals surface area (Å²) in [5.74, 6) is 0. The van der Waals surface area contributed by atoms with Gasteiger partial charge in [0, 0.05) is 11.5 Å². The minimum Gasteiger partial charge on any atom is -0.330 e. The van der Waals surface area contributed by atoms with Crippen LogP contribution in [0.2, 0.25) is 0 Å². The molecular weight excluding hydrogens is 232 g/mol. The molecule has 3 N–H and O–H groups in total. The smallest absolute Gasteiger partial charge is 0.0392 e. The molecule has 0 amide bonds. The number of hydrogen-bond donors (Lipinski definition) is 2. The Morgan fingerprint density at radius 3 is 2.00 bits per heavy atom. The third kappa shape index (κ3) is 2.21. The first-order valence-corrected chi connectivity index (χ1v) is 7.41. The van der Waals surface area contributed by atoms with Crippen LogP contribution in [0.1, 0.15) is 53.1 Å². The lowest BCUT2D eigenvalue weighted by Gasteiger charge is -2.48. The molecule has 1 saturated carbocycles. The van der Waals surface area contributed by atoms with Gasteiger partial charge >= 0.3 is 0 Å². The summed E-state index contributed by atoms with van der Waals surface area (Å²) in [5.41, 5.74) is 13.5. The Hall–Kier alpha value is -0.860. The van der Waals surface area contributed by atoms with Crippen molar-refractivity contribution in [2.24, 2.45) is 11.1 Å². The van der Waals surface area contributed by atoms with Gasteiger partial charge in [0.2, 0.25) is 0 Å². The van der Waals surface area contributed by atoms with Crippen molar-refractivity contribution in [3.05, 3.63) is 33.9 Å². The van der Waals surface area contributed by atoms with E-state index in [1.807, 2.05) is 0 Å². The Balaban J connectivity index is 2.55. The highest BCUT2D eigenvalue weighted by Crippen LogP contribution is 2.50. The Morgan fingerprint density at radius 2 is 1.68 bits per heavy atom. The van der Waals surface area contributed by atoms with E-state index >= 15 is 0 Å². The molecule has 2 rings (SSSR count). The van der Waals surface area contributed by atoms with Gasteiger partial charge in [0.1, 0.15) is 0 Å². The molecule has 0 spiro atoms. The number of rotatable bonds is 4. The Bertz CT molecular complexity index is 441. The predicted octanol–water partition coefficient (Wildman–Crippen LogP) is 3.31. The summed E-state index contributed by atoms with van der Waals surface area (Å²) in [6, 6.07) is 2.70. The van der Waals surface area contributed by atoms with Gasteiger partial charge in [-0.2, -0.15) is 0 Å². The molecule has 1 aromatic rings. The summed E-state index contributed by atoms with van der Waals surface area (Å²) in [5, 5.41) is 3.57. The molecular formula is C17H28N2. The number of aryl methyl sites for hydroxylation is 2. The molecule has 2 heteroatoms. The lowest BCUT2D eigenvalue weighted by Crippen LogP contribution is -2.47. The Labute approximate surface area is 117 Å². The van der Waals surface area contributed by atoms with Crippen molar-refractivity contribution in [1.29, 1.82) is 0 Å². The van der Waals surface area contributed by atoms with Gasteiger partial charge in [-0.05, 0) is 81.9 Å². The number of benzene rings is 1. The third-order valence-electron chi connectivity index (χ3n) is 5.37. The summed E-state index contributed by atoms with van der Waals surface area (Å²) < 4.78 is 0. The maximum Gasteiger partial charge on any atom is 0.0392 e. The van der Waals surface area contributed by atoms with Crippen LogP contribution in [0.4, 0.5) is 0 Å². The van der Waals surface area contributed by atoms with E-state index < -0.39 is 0 Å². The lowest BCUT2D eigenvalue weighted by molar-refractivity contribution is 0.0872. The van der Waals surface area contributed by atoms with Crippen LogP contribution in [0.3, 0.4) is 0 Å². The second-order valence-corrected chi connectivity index (χ2v) is 6.32. The van der Waals surface area contributed by atoms with Crippen LogP contribution in [0.25, 0.3) is 0 Å². The van der Waals surface area contributed by atoms with E-state index in [0.29, 0.717) is 6.04 Å². The largest absolute Gasteiger partial charge is 0.330 e. The van der Waals surface area contributed by atoms with Gasteiger partial charge in [0.05, 0.1) is 0 Å². The van der Waals surface area contributed by atoms with Gasteiger partial charge in [0.25, 0.3) is 0 Å². The number of nitrogens with two attached hydrogens (primary N) is 1. The van der Waals surface area contributed by atoms with Gasteiger partial charge in [-0.15, -0.1) is 0 Å². The van der Waals surface area contributed by atoms with Gasteiger partial charge in [-0.1, -0.05) is 12.5 Å². The highest BCUT2D eigenvalue weighted by molar-refractivity contribution is 5.46. The van der Waals surface area contributed by atoms with Gasteiger partial charge in [-0.25, -0.2) is 0 Å². The molecule has 0 bridgehead atoms. The van der Waals surface area contributed by atoms with Crippen molar-refractivity contribution in [1.82, 2.24) is 5.32 Å². The van der Waals surface area contributed by atoms with Gasteiger partial charge in [0.15, 0.2) is 0 Å². The molecule has 106 valence electrons. The topological polar surface area (TPSA) is 38.0 Å². The molecule has 0 radical (unpaired) electrons. The zero-order valence-electron chi connectivity index (χ0n) is 13.1. The quantitative estimate of drug-likeness (QED) is 0.871. The van der Waals surface area contributed by atoms with Crippen LogP contribution < -0.4 is 11.1 Å². The first-order chi connectivity index (χ1) is 8.96.